The van der Waals surface area contributed by atoms with E-state index in [1.807, 2.05) is 32.0 Å². The summed E-state index contributed by atoms with van der Waals surface area (Å²) in [6.07, 6.45) is 0. The van der Waals surface area contributed by atoms with Crippen molar-refractivity contribution in [3.8, 4) is 11.5 Å². The molecule has 0 radical (unpaired) electrons. The van der Waals surface area contributed by atoms with Gasteiger partial charge in [-0.1, -0.05) is 19.9 Å². The van der Waals surface area contributed by atoms with Gasteiger partial charge in [-0.2, -0.15) is 0 Å². The van der Waals surface area contributed by atoms with E-state index in [-0.39, 0.29) is 23.1 Å². The van der Waals surface area contributed by atoms with E-state index in [2.05, 4.69) is 5.32 Å². The molecule has 1 aromatic rings. The zero-order chi connectivity index (χ0) is 20.0. The van der Waals surface area contributed by atoms with Gasteiger partial charge in [-0.15, -0.1) is 11.8 Å². The average Bonchev–Trinajstić information content (AvgIpc) is 3.11. The van der Waals surface area contributed by atoms with Crippen molar-refractivity contribution in [3.05, 3.63) is 23.8 Å². The maximum Gasteiger partial charge on any atom is 0.243 e. The van der Waals surface area contributed by atoms with Gasteiger partial charge in [0.05, 0.1) is 20.8 Å². The highest BCUT2D eigenvalue weighted by Crippen LogP contribution is 2.44. The van der Waals surface area contributed by atoms with Gasteiger partial charge < -0.3 is 24.4 Å². The highest BCUT2D eigenvalue weighted by molar-refractivity contribution is 7.99. The highest BCUT2D eigenvalue weighted by atomic mass is 32.2. The smallest absolute Gasteiger partial charge is 0.243 e. The number of carbonyl (C=O) groups excluding carboxylic acids is 2. The fourth-order valence-corrected chi connectivity index (χ4v) is 4.36. The van der Waals surface area contributed by atoms with Gasteiger partial charge in [0.1, 0.15) is 11.4 Å². The van der Waals surface area contributed by atoms with Crippen LogP contribution in [0.5, 0.6) is 11.5 Å². The van der Waals surface area contributed by atoms with Crippen LogP contribution in [0.25, 0.3) is 0 Å². The summed E-state index contributed by atoms with van der Waals surface area (Å²) in [6, 6.07) is 5.08. The molecule has 8 heteroatoms. The van der Waals surface area contributed by atoms with Crippen molar-refractivity contribution >= 4 is 23.6 Å². The fraction of sp³-hybridized carbons (Fsp3) is 0.579. The van der Waals surface area contributed by atoms with Gasteiger partial charge in [0.2, 0.25) is 11.8 Å². The molecule has 0 saturated carbocycles. The zero-order valence-corrected chi connectivity index (χ0v) is 17.3. The molecular weight excluding hydrogens is 368 g/mol. The predicted molar refractivity (Wildman–Crippen MR) is 105 cm³/mol. The molecule has 0 bridgehead atoms. The molecule has 150 valence electrons. The molecule has 0 unspecified atom stereocenters. The number of hydrogen-bond donors (Lipinski definition) is 1. The first-order valence-corrected chi connectivity index (χ1v) is 9.91. The second-order valence-corrected chi connectivity index (χ2v) is 7.61. The topological polar surface area (TPSA) is 77.1 Å². The lowest BCUT2D eigenvalue weighted by atomic mass is 10.1. The van der Waals surface area contributed by atoms with Crippen molar-refractivity contribution in [2.45, 2.75) is 25.3 Å². The number of nitrogens with zero attached hydrogens (tertiary/aromatic N) is 1. The van der Waals surface area contributed by atoms with Crippen LogP contribution in [-0.2, 0) is 14.3 Å². The van der Waals surface area contributed by atoms with Crippen LogP contribution in [0.1, 0.15) is 24.8 Å². The fourth-order valence-electron chi connectivity index (χ4n) is 2.93. The highest BCUT2D eigenvalue weighted by Gasteiger charge is 2.42. The molecule has 0 aliphatic carbocycles. The molecule has 1 aliphatic rings. The van der Waals surface area contributed by atoms with Gasteiger partial charge in [0.25, 0.3) is 0 Å². The Kier molecular flexibility index (Phi) is 7.79. The zero-order valence-electron chi connectivity index (χ0n) is 16.5. The molecule has 2 amide bonds. The van der Waals surface area contributed by atoms with Crippen molar-refractivity contribution in [1.82, 2.24) is 10.2 Å². The largest absolute Gasteiger partial charge is 0.493 e. The van der Waals surface area contributed by atoms with E-state index in [4.69, 9.17) is 14.2 Å². The summed E-state index contributed by atoms with van der Waals surface area (Å²) in [4.78, 5) is 27.2. The van der Waals surface area contributed by atoms with Gasteiger partial charge in [-0.25, -0.2) is 0 Å². The Bertz CT molecular complexity index is 668. The molecule has 2 rings (SSSR count). The van der Waals surface area contributed by atoms with Crippen LogP contribution in [-0.4, -0.2) is 63.0 Å². The minimum absolute atomic E-state index is 0.0494. The van der Waals surface area contributed by atoms with Crippen LogP contribution in [0.4, 0.5) is 0 Å². The second kappa shape index (κ2) is 9.85. The minimum atomic E-state index is -0.514. The number of rotatable bonds is 8. The lowest BCUT2D eigenvalue weighted by molar-refractivity contribution is -0.142. The number of benzene rings is 1. The van der Waals surface area contributed by atoms with E-state index < -0.39 is 6.04 Å². The third-order valence-corrected chi connectivity index (χ3v) is 5.67. The summed E-state index contributed by atoms with van der Waals surface area (Å²) in [7, 11) is 4.74. The van der Waals surface area contributed by atoms with Crippen LogP contribution in [0.15, 0.2) is 18.2 Å². The van der Waals surface area contributed by atoms with E-state index in [0.717, 1.165) is 5.56 Å². The number of thioether (sulfide) groups is 1. The maximum atomic E-state index is 12.9. The van der Waals surface area contributed by atoms with Crippen LogP contribution >= 0.6 is 11.8 Å². The normalized spacial score (nSPS) is 19.3. The predicted octanol–water partition coefficient (Wildman–Crippen LogP) is 2.06. The van der Waals surface area contributed by atoms with E-state index >= 15 is 0 Å². The number of carbonyl (C=O) groups is 2. The Morgan fingerprint density at radius 2 is 1.93 bits per heavy atom. The summed E-state index contributed by atoms with van der Waals surface area (Å²) >= 11 is 1.57. The third kappa shape index (κ3) is 4.87. The Hall–Kier alpha value is -1.93. The van der Waals surface area contributed by atoms with Crippen molar-refractivity contribution in [1.29, 1.82) is 0 Å². The molecular formula is C19H28N2O5S. The SMILES string of the molecule is COCCNC(=O)[C@@H]1CS[C@H](c2ccc(OC)c(OC)c2)N1C(=O)C(C)C. The molecule has 1 aliphatic heterocycles. The first-order chi connectivity index (χ1) is 12.9. The molecule has 7 nitrogen and oxygen atoms in total. The van der Waals surface area contributed by atoms with Crippen LogP contribution in [0.3, 0.4) is 0 Å². The molecule has 27 heavy (non-hydrogen) atoms. The third-order valence-electron chi connectivity index (χ3n) is 4.35. The number of nitrogens with one attached hydrogen (secondary N) is 1. The summed E-state index contributed by atoms with van der Waals surface area (Å²) in [5, 5.41) is 2.59. The monoisotopic (exact) mass is 396 g/mol. The summed E-state index contributed by atoms with van der Waals surface area (Å²) in [5.74, 6) is 1.35. The molecule has 1 aromatic carbocycles. The summed E-state index contributed by atoms with van der Waals surface area (Å²) < 4.78 is 15.7. The van der Waals surface area contributed by atoms with Crippen molar-refractivity contribution in [2.24, 2.45) is 5.92 Å². The van der Waals surface area contributed by atoms with Crippen LogP contribution < -0.4 is 14.8 Å². The van der Waals surface area contributed by atoms with E-state index in [1.54, 1.807) is 38.0 Å². The van der Waals surface area contributed by atoms with Gasteiger partial charge in [-0.3, -0.25) is 9.59 Å². The number of methoxy groups -OCH3 is 3. The lowest BCUT2D eigenvalue weighted by Crippen LogP contribution is -2.49. The first-order valence-electron chi connectivity index (χ1n) is 8.86. The number of hydrogen-bond acceptors (Lipinski definition) is 6. The Balaban J connectivity index is 2.30. The van der Waals surface area contributed by atoms with Crippen molar-refractivity contribution < 1.29 is 23.8 Å². The molecule has 2 atom stereocenters. The quantitative estimate of drug-likeness (QED) is 0.678. The first kappa shape index (κ1) is 21.4. The molecule has 0 aromatic heterocycles. The molecule has 0 spiro atoms. The van der Waals surface area contributed by atoms with Gasteiger partial charge in [-0.05, 0) is 17.7 Å². The van der Waals surface area contributed by atoms with E-state index in [0.29, 0.717) is 30.4 Å². The van der Waals surface area contributed by atoms with E-state index in [1.165, 1.54) is 0 Å². The van der Waals surface area contributed by atoms with Crippen LogP contribution in [0, 0.1) is 5.92 Å². The Labute approximate surface area is 164 Å². The van der Waals surface area contributed by atoms with Crippen molar-refractivity contribution in [2.75, 3.05) is 40.2 Å². The van der Waals surface area contributed by atoms with Gasteiger partial charge in [0, 0.05) is 25.3 Å². The van der Waals surface area contributed by atoms with E-state index in [9.17, 15) is 9.59 Å². The summed E-state index contributed by atoms with van der Waals surface area (Å²) in [5.41, 5.74) is 0.902. The summed E-state index contributed by atoms with van der Waals surface area (Å²) in [6.45, 7) is 4.54. The minimum Gasteiger partial charge on any atom is -0.493 e. The maximum absolute atomic E-state index is 12.9. The second-order valence-electron chi connectivity index (χ2n) is 6.50. The van der Waals surface area contributed by atoms with Gasteiger partial charge in [0.15, 0.2) is 11.5 Å². The molecule has 1 N–H and O–H groups in total. The average molecular weight is 397 g/mol. The Morgan fingerprint density at radius 3 is 2.52 bits per heavy atom. The van der Waals surface area contributed by atoms with Gasteiger partial charge >= 0.3 is 0 Å². The molecule has 1 heterocycles. The number of ether oxygens (including phenoxy) is 3. The Morgan fingerprint density at radius 1 is 1.22 bits per heavy atom. The van der Waals surface area contributed by atoms with Crippen molar-refractivity contribution in [3.63, 3.8) is 0 Å². The number of amides is 2. The lowest BCUT2D eigenvalue weighted by Gasteiger charge is -2.30. The molecule has 1 fully saturated rings. The van der Waals surface area contributed by atoms with Crippen LogP contribution in [0.2, 0.25) is 0 Å². The molecule has 1 saturated heterocycles. The standard InChI is InChI=1S/C19H28N2O5S/c1-12(2)18(23)21-14(17(22)20-8-9-24-3)11-27-19(21)13-6-7-15(25-4)16(10-13)26-5/h6-7,10,12,14,19H,8-9,11H2,1-5H3,(H,20,22)/t14-,19+/m0/s1.